The number of ether oxygens (including phenoxy) is 8. The quantitative estimate of drug-likeness (QED) is 0.0671. The molecule has 9 rings (SSSR count). The van der Waals surface area contributed by atoms with Crippen molar-refractivity contribution >= 4 is 23.9 Å². The molecule has 8 aromatic carbocycles. The van der Waals surface area contributed by atoms with E-state index in [1.165, 1.54) is 0 Å². The molecule has 0 unspecified atom stereocenters. The molecule has 1 aliphatic rings. The fourth-order valence-electron chi connectivity index (χ4n) is 10.5. The van der Waals surface area contributed by atoms with Gasteiger partial charge in [0.15, 0.2) is 26.4 Å². The normalized spacial score (nSPS) is 12.5. The third kappa shape index (κ3) is 16.7. The molecule has 0 N–H and O–H groups in total. The molecule has 0 spiro atoms. The number of para-hydroxylation sites is 4. The number of hydrogen-bond acceptors (Lipinski definition) is 12. The Balaban J connectivity index is 1.33. The minimum Gasteiger partial charge on any atom is -0.481 e. The first kappa shape index (κ1) is 63.3. The lowest BCUT2D eigenvalue weighted by Gasteiger charge is -2.29. The fourth-order valence-corrected chi connectivity index (χ4v) is 10.5. The number of carbonyl (C=O) groups excluding carboxylic acids is 4. The fraction of sp³-hybridized carbons (Fsp3) is 0.316. The van der Waals surface area contributed by atoms with Gasteiger partial charge in [0.05, 0.1) is 0 Å². The summed E-state index contributed by atoms with van der Waals surface area (Å²) in [6, 6.07) is 52.4. The number of esters is 4. The zero-order valence-electron chi connectivity index (χ0n) is 52.7. The van der Waals surface area contributed by atoms with Crippen LogP contribution in [-0.4, -0.2) is 50.3 Å². The van der Waals surface area contributed by atoms with E-state index in [2.05, 4.69) is 132 Å². The maximum atomic E-state index is 14.0. The van der Waals surface area contributed by atoms with Crippen LogP contribution in [0.25, 0.3) is 0 Å². The topological polar surface area (TPSA) is 142 Å². The minimum absolute atomic E-state index is 0.198. The van der Waals surface area contributed by atoms with E-state index in [-0.39, 0.29) is 25.7 Å². The second kappa shape index (κ2) is 26.8. The number of rotatable bonds is 16. The second-order valence-electron chi connectivity index (χ2n) is 26.5. The molecular formula is C76H80O12. The minimum atomic E-state index is -0.608. The molecule has 12 heteroatoms. The predicted molar refractivity (Wildman–Crippen MR) is 342 cm³/mol. The van der Waals surface area contributed by atoms with Gasteiger partial charge in [0.25, 0.3) is 0 Å². The van der Waals surface area contributed by atoms with Crippen molar-refractivity contribution in [3.63, 3.8) is 0 Å². The van der Waals surface area contributed by atoms with E-state index in [1.54, 1.807) is 97.1 Å². The van der Waals surface area contributed by atoms with Crippen molar-refractivity contribution in [2.45, 2.75) is 130 Å². The molecule has 8 aromatic rings. The van der Waals surface area contributed by atoms with E-state index in [0.29, 0.717) is 46.0 Å². The largest absolute Gasteiger partial charge is 0.481 e. The Hall–Kier alpha value is -9.16. The maximum absolute atomic E-state index is 14.0. The Morgan fingerprint density at radius 3 is 0.580 bits per heavy atom. The standard InChI is InChI=1S/C76H80O12/c1-73(2,3)57-37-49-33-51-39-58(74(4,5)6)41-53(70(51)82-46-66(78)86-62-27-19-14-20-28-62)35-55-43-60(76(10,11)12)44-56(72(55)84-48-68(80)88-64-31-23-16-24-32-64)36-54-42-59(75(7,8)9)40-52(71(54)83-47-67(79)87-63-29-21-15-22-30-63)34-50(38-57)69(49)81-45-65(77)85-61-25-17-13-18-26-61/h13-32,37-44H,33-36,45-48H2,1-12H3. The van der Waals surface area contributed by atoms with Gasteiger partial charge in [-0.3, -0.25) is 0 Å². The number of hydrogen-bond donors (Lipinski definition) is 0. The molecule has 0 fully saturated rings. The molecule has 0 aromatic heterocycles. The lowest BCUT2D eigenvalue weighted by Crippen LogP contribution is -2.22. The Morgan fingerprint density at radius 1 is 0.273 bits per heavy atom. The molecule has 0 aliphatic heterocycles. The lowest BCUT2D eigenvalue weighted by atomic mass is 9.79. The van der Waals surface area contributed by atoms with Crippen molar-refractivity contribution < 1.29 is 57.1 Å². The number of fused-ring (bicyclic) bond motifs is 8. The summed E-state index contributed by atoms with van der Waals surface area (Å²) in [6.07, 6.45) is 0.793. The molecule has 8 bridgehead atoms. The third-order valence-corrected chi connectivity index (χ3v) is 15.2. The van der Waals surface area contributed by atoms with Gasteiger partial charge in [-0.05, 0) is 137 Å². The van der Waals surface area contributed by atoms with Crippen LogP contribution in [0.5, 0.6) is 46.0 Å². The first-order chi connectivity index (χ1) is 41.7. The summed E-state index contributed by atoms with van der Waals surface area (Å²) in [5.41, 5.74) is 8.14. The Bertz CT molecular complexity index is 3190. The van der Waals surface area contributed by atoms with Gasteiger partial charge < -0.3 is 37.9 Å². The molecule has 456 valence electrons. The Labute approximate surface area is 518 Å². The number of carbonyl (C=O) groups is 4. The number of benzene rings is 8. The van der Waals surface area contributed by atoms with Gasteiger partial charge in [-0.1, -0.05) is 204 Å². The molecular weight excluding hydrogens is 1100 g/mol. The van der Waals surface area contributed by atoms with Crippen LogP contribution in [-0.2, 0) is 66.5 Å². The van der Waals surface area contributed by atoms with Crippen LogP contribution in [0, 0.1) is 0 Å². The molecule has 1 aliphatic carbocycles. The molecule has 88 heavy (non-hydrogen) atoms. The first-order valence-electron chi connectivity index (χ1n) is 29.9. The summed E-state index contributed by atoms with van der Waals surface area (Å²) in [5, 5.41) is 0. The molecule has 0 radical (unpaired) electrons. The second-order valence-corrected chi connectivity index (χ2v) is 26.5. The predicted octanol–water partition coefficient (Wildman–Crippen LogP) is 15.5. The summed E-state index contributed by atoms with van der Waals surface area (Å²) in [7, 11) is 0. The Morgan fingerprint density at radius 2 is 0.432 bits per heavy atom. The van der Waals surface area contributed by atoms with Crippen molar-refractivity contribution in [2.75, 3.05) is 26.4 Å². The van der Waals surface area contributed by atoms with Gasteiger partial charge in [-0.15, -0.1) is 0 Å². The molecule has 0 saturated heterocycles. The highest BCUT2D eigenvalue weighted by molar-refractivity contribution is 5.76. The maximum Gasteiger partial charge on any atom is 0.349 e. The van der Waals surface area contributed by atoms with E-state index in [1.807, 2.05) is 24.3 Å². The van der Waals surface area contributed by atoms with Gasteiger partial charge in [0, 0.05) is 25.7 Å². The molecule has 0 amide bonds. The van der Waals surface area contributed by atoms with Crippen LogP contribution >= 0.6 is 0 Å². The average molecular weight is 1190 g/mol. The van der Waals surface area contributed by atoms with Crippen LogP contribution in [0.4, 0.5) is 0 Å². The van der Waals surface area contributed by atoms with E-state index < -0.39 is 72.0 Å². The van der Waals surface area contributed by atoms with Crippen molar-refractivity contribution in [1.82, 2.24) is 0 Å². The molecule has 0 heterocycles. The van der Waals surface area contributed by atoms with Crippen LogP contribution in [0.15, 0.2) is 170 Å². The zero-order chi connectivity index (χ0) is 63.0. The molecule has 0 saturated carbocycles. The van der Waals surface area contributed by atoms with Gasteiger partial charge >= 0.3 is 23.9 Å². The highest BCUT2D eigenvalue weighted by Gasteiger charge is 2.31. The van der Waals surface area contributed by atoms with Gasteiger partial charge in [0.1, 0.15) is 46.0 Å². The van der Waals surface area contributed by atoms with Crippen LogP contribution < -0.4 is 37.9 Å². The monoisotopic (exact) mass is 1180 g/mol. The first-order valence-corrected chi connectivity index (χ1v) is 29.9. The summed E-state index contributed by atoms with van der Waals surface area (Å²) in [4.78, 5) is 55.9. The van der Waals surface area contributed by atoms with Crippen LogP contribution in [0.1, 0.15) is 150 Å². The highest BCUT2D eigenvalue weighted by Crippen LogP contribution is 2.45. The summed E-state index contributed by atoms with van der Waals surface area (Å²) >= 11 is 0. The summed E-state index contributed by atoms with van der Waals surface area (Å²) in [5.74, 6) is 0.834. The van der Waals surface area contributed by atoms with Crippen LogP contribution in [0.2, 0.25) is 0 Å². The van der Waals surface area contributed by atoms with Crippen molar-refractivity contribution in [3.8, 4) is 46.0 Å². The lowest BCUT2D eigenvalue weighted by molar-refractivity contribution is -0.137. The van der Waals surface area contributed by atoms with Gasteiger partial charge in [-0.2, -0.15) is 0 Å². The SMILES string of the molecule is CC(C)(C)c1cc2c(OCC(=O)Oc3ccccc3)c(c1)Cc1cc(C(C)(C)C)cc(c1OCC(=O)Oc1ccccc1)Cc1cc(C(C)(C)C)cc(c1OCC(=O)Oc1ccccc1)Cc1cc(C(C)(C)C)cc(c1OCC(=O)Oc1ccccc1)C2. The summed E-state index contributed by atoms with van der Waals surface area (Å²) < 4.78 is 50.9. The van der Waals surface area contributed by atoms with Crippen molar-refractivity contribution in [2.24, 2.45) is 0 Å². The van der Waals surface area contributed by atoms with Gasteiger partial charge in [-0.25, -0.2) is 19.2 Å². The van der Waals surface area contributed by atoms with E-state index in [9.17, 15) is 19.2 Å². The van der Waals surface area contributed by atoms with Crippen LogP contribution in [0.3, 0.4) is 0 Å². The van der Waals surface area contributed by atoms with Crippen molar-refractivity contribution in [1.29, 1.82) is 0 Å². The van der Waals surface area contributed by atoms with E-state index in [4.69, 9.17) is 37.9 Å². The smallest absolute Gasteiger partial charge is 0.349 e. The van der Waals surface area contributed by atoms with Gasteiger partial charge in [0.2, 0.25) is 0 Å². The average Bonchev–Trinajstić information content (AvgIpc) is 1.07. The Kier molecular flexibility index (Phi) is 19.3. The summed E-state index contributed by atoms with van der Waals surface area (Å²) in [6.45, 7) is 24.0. The van der Waals surface area contributed by atoms with Crippen molar-refractivity contribution in [3.05, 3.63) is 237 Å². The zero-order valence-corrected chi connectivity index (χ0v) is 52.7. The third-order valence-electron chi connectivity index (χ3n) is 15.2. The highest BCUT2D eigenvalue weighted by atomic mass is 16.6. The molecule has 0 atom stereocenters. The van der Waals surface area contributed by atoms with E-state index >= 15 is 0 Å². The van der Waals surface area contributed by atoms with E-state index in [0.717, 1.165) is 66.8 Å². The molecule has 12 nitrogen and oxygen atoms in total.